The van der Waals surface area contributed by atoms with Crippen LogP contribution in [0.3, 0.4) is 0 Å². The van der Waals surface area contributed by atoms with Gasteiger partial charge in [0.25, 0.3) is 0 Å². The molecule has 17 heavy (non-hydrogen) atoms. The number of rotatable bonds is 4. The fourth-order valence-corrected chi connectivity index (χ4v) is 3.04. The molecule has 90 valence electrons. The highest BCUT2D eigenvalue weighted by Crippen LogP contribution is 2.51. The summed E-state index contributed by atoms with van der Waals surface area (Å²) in [6.07, 6.45) is 4.33. The van der Waals surface area contributed by atoms with Crippen LogP contribution in [0.2, 0.25) is 0 Å². The maximum Gasteiger partial charge on any atom is 0.138 e. The molecule has 3 nitrogen and oxygen atoms in total. The van der Waals surface area contributed by atoms with Gasteiger partial charge >= 0.3 is 0 Å². The van der Waals surface area contributed by atoms with Crippen LogP contribution in [-0.4, -0.2) is 16.5 Å². The van der Waals surface area contributed by atoms with Gasteiger partial charge in [0.2, 0.25) is 0 Å². The van der Waals surface area contributed by atoms with E-state index in [0.717, 1.165) is 28.5 Å². The molecule has 0 aliphatic heterocycles. The summed E-state index contributed by atoms with van der Waals surface area (Å²) in [4.78, 5) is 9.68. The van der Waals surface area contributed by atoms with Crippen molar-refractivity contribution in [3.8, 4) is 0 Å². The van der Waals surface area contributed by atoms with Crippen molar-refractivity contribution in [2.75, 3.05) is 11.9 Å². The van der Waals surface area contributed by atoms with E-state index in [1.165, 1.54) is 12.8 Å². The van der Waals surface area contributed by atoms with Gasteiger partial charge in [-0.3, -0.25) is 0 Å². The first kappa shape index (κ1) is 11.0. The van der Waals surface area contributed by atoms with Crippen LogP contribution >= 0.6 is 11.3 Å². The fraction of sp³-hybridized carbons (Fsp3) is 0.538. The van der Waals surface area contributed by atoms with Gasteiger partial charge in [0.05, 0.1) is 5.39 Å². The number of anilines is 1. The number of nitrogens with one attached hydrogen (secondary N) is 1. The zero-order valence-electron chi connectivity index (χ0n) is 10.2. The van der Waals surface area contributed by atoms with Crippen molar-refractivity contribution in [1.29, 1.82) is 0 Å². The molecule has 0 aromatic carbocycles. The quantitative estimate of drug-likeness (QED) is 0.898. The number of nitrogens with zero attached hydrogens (tertiary/aromatic N) is 2. The summed E-state index contributed by atoms with van der Waals surface area (Å²) >= 11 is 1.67. The Bertz CT molecular complexity index is 528. The fourth-order valence-electron chi connectivity index (χ4n) is 2.31. The van der Waals surface area contributed by atoms with E-state index in [-0.39, 0.29) is 0 Å². The van der Waals surface area contributed by atoms with Crippen molar-refractivity contribution in [2.24, 2.45) is 11.3 Å². The van der Waals surface area contributed by atoms with Crippen LogP contribution in [0.1, 0.15) is 26.7 Å². The summed E-state index contributed by atoms with van der Waals surface area (Å²) in [6.45, 7) is 5.66. The second kappa shape index (κ2) is 3.95. The number of thiophene rings is 1. The summed E-state index contributed by atoms with van der Waals surface area (Å²) in [5.41, 5.74) is 0.507. The zero-order valence-corrected chi connectivity index (χ0v) is 11.0. The second-order valence-corrected chi connectivity index (χ2v) is 6.13. The third-order valence-electron chi connectivity index (χ3n) is 3.99. The molecule has 1 saturated carbocycles. The lowest BCUT2D eigenvalue weighted by Crippen LogP contribution is -2.21. The highest BCUT2D eigenvalue weighted by Gasteiger charge is 2.45. The standard InChI is InChI=1S/C13H17N3S/c1-9(2)13(4-5-13)7-14-11-10-3-6-17-12(10)16-8-15-11/h3,6,8-9H,4-5,7H2,1-2H3,(H,14,15,16). The lowest BCUT2D eigenvalue weighted by atomic mass is 9.92. The molecule has 1 aliphatic carbocycles. The number of hydrogen-bond donors (Lipinski definition) is 1. The highest BCUT2D eigenvalue weighted by molar-refractivity contribution is 7.16. The van der Waals surface area contributed by atoms with E-state index >= 15 is 0 Å². The topological polar surface area (TPSA) is 37.8 Å². The van der Waals surface area contributed by atoms with Gasteiger partial charge in [-0.2, -0.15) is 0 Å². The maximum absolute atomic E-state index is 4.35. The Kier molecular flexibility index (Phi) is 2.54. The van der Waals surface area contributed by atoms with Gasteiger partial charge in [0.1, 0.15) is 17.0 Å². The minimum atomic E-state index is 0.507. The van der Waals surface area contributed by atoms with Crippen molar-refractivity contribution in [3.63, 3.8) is 0 Å². The van der Waals surface area contributed by atoms with E-state index in [1.54, 1.807) is 17.7 Å². The van der Waals surface area contributed by atoms with E-state index < -0.39 is 0 Å². The van der Waals surface area contributed by atoms with Gasteiger partial charge in [-0.05, 0) is 35.6 Å². The Morgan fingerprint density at radius 1 is 1.41 bits per heavy atom. The van der Waals surface area contributed by atoms with E-state index in [2.05, 4.69) is 40.6 Å². The first-order valence-corrected chi connectivity index (χ1v) is 7.01. The minimum absolute atomic E-state index is 0.507. The minimum Gasteiger partial charge on any atom is -0.369 e. The smallest absolute Gasteiger partial charge is 0.138 e. The van der Waals surface area contributed by atoms with Gasteiger partial charge in [0, 0.05) is 6.54 Å². The van der Waals surface area contributed by atoms with Crippen LogP contribution in [0, 0.1) is 11.3 Å². The molecule has 3 rings (SSSR count). The highest BCUT2D eigenvalue weighted by atomic mass is 32.1. The molecule has 1 aliphatic rings. The largest absolute Gasteiger partial charge is 0.369 e. The van der Waals surface area contributed by atoms with Crippen molar-refractivity contribution in [3.05, 3.63) is 17.8 Å². The predicted octanol–water partition coefficient (Wildman–Crippen LogP) is 3.54. The molecule has 0 atom stereocenters. The molecule has 0 amide bonds. The van der Waals surface area contributed by atoms with Crippen molar-refractivity contribution < 1.29 is 0 Å². The average Bonchev–Trinajstić information content (AvgIpc) is 2.96. The van der Waals surface area contributed by atoms with Gasteiger partial charge in [-0.1, -0.05) is 13.8 Å². The van der Waals surface area contributed by atoms with Gasteiger partial charge in [-0.15, -0.1) is 11.3 Å². The molecule has 0 bridgehead atoms. The van der Waals surface area contributed by atoms with Crippen molar-refractivity contribution in [2.45, 2.75) is 26.7 Å². The Labute approximate surface area is 105 Å². The number of fused-ring (bicyclic) bond motifs is 1. The Morgan fingerprint density at radius 2 is 2.24 bits per heavy atom. The van der Waals surface area contributed by atoms with Crippen LogP contribution in [0.25, 0.3) is 10.2 Å². The second-order valence-electron chi connectivity index (χ2n) is 5.23. The molecular weight excluding hydrogens is 230 g/mol. The maximum atomic E-state index is 4.35. The molecule has 2 heterocycles. The molecular formula is C13H17N3S. The SMILES string of the molecule is CC(C)C1(CNc2ncnc3sccc23)CC1. The molecule has 0 unspecified atom stereocenters. The molecule has 0 radical (unpaired) electrons. The van der Waals surface area contributed by atoms with Crippen molar-refractivity contribution >= 4 is 27.4 Å². The molecule has 2 aromatic heterocycles. The van der Waals surface area contributed by atoms with Crippen LogP contribution in [0.5, 0.6) is 0 Å². The lowest BCUT2D eigenvalue weighted by Gasteiger charge is -2.20. The third kappa shape index (κ3) is 1.90. The van der Waals surface area contributed by atoms with Crippen LogP contribution in [0.4, 0.5) is 5.82 Å². The normalized spacial score (nSPS) is 17.6. The average molecular weight is 247 g/mol. The third-order valence-corrected chi connectivity index (χ3v) is 4.81. The summed E-state index contributed by atoms with van der Waals surface area (Å²) in [6, 6.07) is 2.09. The van der Waals surface area contributed by atoms with Gasteiger partial charge in [-0.25, -0.2) is 9.97 Å². The first-order valence-electron chi connectivity index (χ1n) is 6.13. The van der Waals surface area contributed by atoms with Crippen LogP contribution < -0.4 is 5.32 Å². The van der Waals surface area contributed by atoms with Gasteiger partial charge in [0.15, 0.2) is 0 Å². The van der Waals surface area contributed by atoms with Crippen LogP contribution in [-0.2, 0) is 0 Å². The first-order chi connectivity index (χ1) is 8.21. The Balaban J connectivity index is 1.79. The summed E-state index contributed by atoms with van der Waals surface area (Å²) < 4.78 is 0. The van der Waals surface area contributed by atoms with Crippen LogP contribution in [0.15, 0.2) is 17.8 Å². The molecule has 2 aromatic rings. The van der Waals surface area contributed by atoms with E-state index in [1.807, 2.05) is 0 Å². The van der Waals surface area contributed by atoms with E-state index in [9.17, 15) is 0 Å². The molecule has 0 spiro atoms. The summed E-state index contributed by atoms with van der Waals surface area (Å²) in [7, 11) is 0. The summed E-state index contributed by atoms with van der Waals surface area (Å²) in [5, 5.41) is 6.73. The molecule has 0 saturated heterocycles. The molecule has 1 N–H and O–H groups in total. The Hall–Kier alpha value is -1.16. The van der Waals surface area contributed by atoms with E-state index in [0.29, 0.717) is 5.41 Å². The lowest BCUT2D eigenvalue weighted by molar-refractivity contribution is 0.380. The Morgan fingerprint density at radius 3 is 2.94 bits per heavy atom. The van der Waals surface area contributed by atoms with Crippen molar-refractivity contribution in [1.82, 2.24) is 9.97 Å². The molecule has 4 heteroatoms. The number of hydrogen-bond acceptors (Lipinski definition) is 4. The van der Waals surface area contributed by atoms with E-state index in [4.69, 9.17) is 0 Å². The summed E-state index contributed by atoms with van der Waals surface area (Å²) in [5.74, 6) is 1.73. The zero-order chi connectivity index (χ0) is 11.9. The predicted molar refractivity (Wildman–Crippen MR) is 72.4 cm³/mol. The molecule has 1 fully saturated rings. The number of aromatic nitrogens is 2. The monoisotopic (exact) mass is 247 g/mol. The van der Waals surface area contributed by atoms with Gasteiger partial charge < -0.3 is 5.32 Å².